The van der Waals surface area contributed by atoms with E-state index in [1.165, 1.54) is 12.8 Å². The van der Waals surface area contributed by atoms with Gasteiger partial charge in [0, 0.05) is 31.7 Å². The summed E-state index contributed by atoms with van der Waals surface area (Å²) in [5.41, 5.74) is 0. The lowest BCUT2D eigenvalue weighted by Gasteiger charge is -2.39. The van der Waals surface area contributed by atoms with Gasteiger partial charge in [0.05, 0.1) is 0 Å². The summed E-state index contributed by atoms with van der Waals surface area (Å²) in [6.07, 6.45) is 2.35. The first-order valence-corrected chi connectivity index (χ1v) is 5.47. The minimum atomic E-state index is 0.133. The molecule has 80 valence electrons. The third-order valence-electron chi connectivity index (χ3n) is 3.23. The van der Waals surface area contributed by atoms with Gasteiger partial charge in [0.1, 0.15) is 0 Å². The van der Waals surface area contributed by atoms with Gasteiger partial charge in [0.25, 0.3) is 0 Å². The maximum atomic E-state index is 11.8. The zero-order valence-corrected chi connectivity index (χ0v) is 8.99. The number of nitrogens with one attached hydrogen (secondary N) is 1. The maximum Gasteiger partial charge on any atom is 0.317 e. The van der Waals surface area contributed by atoms with E-state index in [9.17, 15) is 4.79 Å². The molecule has 2 aliphatic rings. The highest BCUT2D eigenvalue weighted by molar-refractivity contribution is 5.75. The Bertz CT molecular complexity index is 217. The Balaban J connectivity index is 2.03. The fourth-order valence-electron chi connectivity index (χ4n) is 2.69. The van der Waals surface area contributed by atoms with Gasteiger partial charge < -0.3 is 15.1 Å². The molecule has 0 saturated carbocycles. The number of rotatable bonds is 1. The number of fused-ring (bicyclic) bond motifs is 2. The van der Waals surface area contributed by atoms with E-state index in [2.05, 4.69) is 22.2 Å². The summed E-state index contributed by atoms with van der Waals surface area (Å²) >= 11 is 0. The molecule has 2 saturated heterocycles. The van der Waals surface area contributed by atoms with Gasteiger partial charge >= 0.3 is 6.03 Å². The van der Waals surface area contributed by atoms with Crippen molar-refractivity contribution in [3.8, 4) is 0 Å². The molecule has 2 amide bonds. The van der Waals surface area contributed by atoms with Crippen LogP contribution < -0.4 is 5.32 Å². The third kappa shape index (κ3) is 1.59. The predicted molar refractivity (Wildman–Crippen MR) is 55.2 cm³/mol. The van der Waals surface area contributed by atoms with E-state index in [1.54, 1.807) is 0 Å². The summed E-state index contributed by atoms with van der Waals surface area (Å²) in [5.74, 6) is 0. The van der Waals surface area contributed by atoms with E-state index in [0.717, 1.165) is 19.6 Å². The Hall–Kier alpha value is -0.770. The Morgan fingerprint density at radius 1 is 1.36 bits per heavy atom. The molecule has 0 aromatic carbocycles. The molecule has 0 radical (unpaired) electrons. The van der Waals surface area contributed by atoms with Crippen molar-refractivity contribution in [1.82, 2.24) is 15.1 Å². The summed E-state index contributed by atoms with van der Waals surface area (Å²) in [6.45, 7) is 4.77. The molecular formula is C10H19N3O. The molecule has 2 atom stereocenters. The van der Waals surface area contributed by atoms with Crippen molar-refractivity contribution in [3.05, 3.63) is 0 Å². The van der Waals surface area contributed by atoms with Crippen molar-refractivity contribution in [1.29, 1.82) is 0 Å². The lowest BCUT2D eigenvalue weighted by atomic mass is 10.2. The van der Waals surface area contributed by atoms with Crippen LogP contribution in [0.5, 0.6) is 0 Å². The van der Waals surface area contributed by atoms with E-state index in [-0.39, 0.29) is 6.03 Å². The SMILES string of the molecule is CCNC(=O)N1C2CCC1CN(C)C2. The van der Waals surface area contributed by atoms with Gasteiger partial charge in [-0.15, -0.1) is 0 Å². The largest absolute Gasteiger partial charge is 0.338 e. The van der Waals surface area contributed by atoms with Gasteiger partial charge in [-0.25, -0.2) is 4.79 Å². The number of likely N-dealkylation sites (tertiary alicyclic amines) is 1. The number of piperazine rings is 1. The molecule has 2 heterocycles. The monoisotopic (exact) mass is 197 g/mol. The van der Waals surface area contributed by atoms with Gasteiger partial charge in [0.15, 0.2) is 0 Å². The summed E-state index contributed by atoms with van der Waals surface area (Å²) in [6, 6.07) is 1.03. The van der Waals surface area contributed by atoms with Crippen LogP contribution in [0.4, 0.5) is 4.79 Å². The summed E-state index contributed by atoms with van der Waals surface area (Å²) in [4.78, 5) is 16.2. The van der Waals surface area contributed by atoms with Crippen molar-refractivity contribution in [2.24, 2.45) is 0 Å². The molecule has 4 nitrogen and oxygen atoms in total. The molecule has 2 fully saturated rings. The molecule has 0 aliphatic carbocycles. The van der Waals surface area contributed by atoms with Crippen LogP contribution >= 0.6 is 0 Å². The Labute approximate surface area is 85.2 Å². The fraction of sp³-hybridized carbons (Fsp3) is 0.900. The summed E-state index contributed by atoms with van der Waals surface area (Å²) in [7, 11) is 2.14. The van der Waals surface area contributed by atoms with Crippen molar-refractivity contribution < 1.29 is 4.79 Å². The van der Waals surface area contributed by atoms with Crippen molar-refractivity contribution in [3.63, 3.8) is 0 Å². The van der Waals surface area contributed by atoms with Crippen LogP contribution in [0.3, 0.4) is 0 Å². The molecule has 14 heavy (non-hydrogen) atoms. The van der Waals surface area contributed by atoms with E-state index in [4.69, 9.17) is 0 Å². The van der Waals surface area contributed by atoms with Gasteiger partial charge in [0.2, 0.25) is 0 Å². The molecule has 0 aromatic rings. The molecule has 1 N–H and O–H groups in total. The van der Waals surface area contributed by atoms with Crippen LogP contribution in [-0.2, 0) is 0 Å². The van der Waals surface area contributed by atoms with E-state index < -0.39 is 0 Å². The number of likely N-dealkylation sites (N-methyl/N-ethyl adjacent to an activating group) is 1. The van der Waals surface area contributed by atoms with Crippen LogP contribution in [0.2, 0.25) is 0 Å². The first kappa shape index (κ1) is 9.77. The maximum absolute atomic E-state index is 11.8. The molecule has 0 aromatic heterocycles. The molecule has 4 heteroatoms. The van der Waals surface area contributed by atoms with Crippen LogP contribution in [0.15, 0.2) is 0 Å². The summed E-state index contributed by atoms with van der Waals surface area (Å²) < 4.78 is 0. The number of carbonyl (C=O) groups is 1. The molecule has 2 aliphatic heterocycles. The topological polar surface area (TPSA) is 35.6 Å². The zero-order chi connectivity index (χ0) is 10.1. The quantitative estimate of drug-likeness (QED) is 0.664. The highest BCUT2D eigenvalue weighted by Crippen LogP contribution is 2.29. The number of hydrogen-bond donors (Lipinski definition) is 1. The van der Waals surface area contributed by atoms with E-state index >= 15 is 0 Å². The Morgan fingerprint density at radius 2 is 1.93 bits per heavy atom. The van der Waals surface area contributed by atoms with Crippen LogP contribution in [-0.4, -0.2) is 54.6 Å². The van der Waals surface area contributed by atoms with Gasteiger partial charge in [-0.2, -0.15) is 0 Å². The molecule has 2 unspecified atom stereocenters. The molecule has 2 bridgehead atoms. The number of amides is 2. The van der Waals surface area contributed by atoms with Crippen molar-refractivity contribution in [2.75, 3.05) is 26.7 Å². The van der Waals surface area contributed by atoms with Gasteiger partial charge in [-0.1, -0.05) is 0 Å². The Kier molecular flexibility index (Phi) is 2.63. The second kappa shape index (κ2) is 3.77. The number of urea groups is 1. The minimum absolute atomic E-state index is 0.133. The van der Waals surface area contributed by atoms with E-state index in [1.807, 2.05) is 6.92 Å². The number of nitrogens with zero attached hydrogens (tertiary/aromatic N) is 2. The molecular weight excluding hydrogens is 178 g/mol. The second-order valence-corrected chi connectivity index (χ2v) is 4.35. The van der Waals surface area contributed by atoms with Gasteiger partial charge in [-0.3, -0.25) is 0 Å². The highest BCUT2D eigenvalue weighted by Gasteiger charge is 2.41. The van der Waals surface area contributed by atoms with Crippen molar-refractivity contribution >= 4 is 6.03 Å². The zero-order valence-electron chi connectivity index (χ0n) is 8.99. The minimum Gasteiger partial charge on any atom is -0.338 e. The second-order valence-electron chi connectivity index (χ2n) is 4.35. The van der Waals surface area contributed by atoms with E-state index in [0.29, 0.717) is 12.1 Å². The Morgan fingerprint density at radius 3 is 2.43 bits per heavy atom. The van der Waals surface area contributed by atoms with Crippen LogP contribution in [0.1, 0.15) is 19.8 Å². The normalized spacial score (nSPS) is 32.0. The molecule has 0 spiro atoms. The first-order valence-electron chi connectivity index (χ1n) is 5.47. The van der Waals surface area contributed by atoms with Gasteiger partial charge in [-0.05, 0) is 26.8 Å². The predicted octanol–water partition coefficient (Wildman–Crippen LogP) is 0.494. The fourth-order valence-corrected chi connectivity index (χ4v) is 2.69. The average molecular weight is 197 g/mol. The standard InChI is InChI=1S/C10H19N3O/c1-3-11-10(14)13-8-4-5-9(13)7-12(2)6-8/h8-9H,3-7H2,1-2H3,(H,11,14). The smallest absolute Gasteiger partial charge is 0.317 e. The lowest BCUT2D eigenvalue weighted by molar-refractivity contribution is 0.103. The third-order valence-corrected chi connectivity index (χ3v) is 3.23. The summed E-state index contributed by atoms with van der Waals surface area (Å²) in [5, 5.41) is 2.90. The van der Waals surface area contributed by atoms with Crippen LogP contribution in [0, 0.1) is 0 Å². The van der Waals surface area contributed by atoms with Crippen LogP contribution in [0.25, 0.3) is 0 Å². The average Bonchev–Trinajstić information content (AvgIpc) is 2.39. The molecule has 2 rings (SSSR count). The first-order chi connectivity index (χ1) is 6.72. The number of hydrogen-bond acceptors (Lipinski definition) is 2. The lowest BCUT2D eigenvalue weighted by Crippen LogP contribution is -2.57. The highest BCUT2D eigenvalue weighted by atomic mass is 16.2. The van der Waals surface area contributed by atoms with Crippen molar-refractivity contribution in [2.45, 2.75) is 31.8 Å². The number of carbonyl (C=O) groups excluding carboxylic acids is 1.